The number of amides is 1. The van der Waals surface area contributed by atoms with Gasteiger partial charge in [0.05, 0.1) is 0 Å². The zero-order chi connectivity index (χ0) is 14.7. The first-order valence-electron chi connectivity index (χ1n) is 7.51. The minimum atomic E-state index is -1.11. The first-order chi connectivity index (χ1) is 10.2. The fourth-order valence-corrected chi connectivity index (χ4v) is 4.18. The molecule has 1 amide bonds. The number of piperidine rings is 1. The summed E-state index contributed by atoms with van der Waals surface area (Å²) in [5.41, 5.74) is 1.50. The third kappa shape index (κ3) is 3.33. The van der Waals surface area contributed by atoms with E-state index in [4.69, 9.17) is 0 Å². The fraction of sp³-hybridized carbons (Fsp3) is 0.471. The minimum Gasteiger partial charge on any atom is -0.379 e. The Labute approximate surface area is 130 Å². The van der Waals surface area contributed by atoms with Gasteiger partial charge in [0.15, 0.2) is 5.60 Å². The van der Waals surface area contributed by atoms with Gasteiger partial charge >= 0.3 is 0 Å². The van der Waals surface area contributed by atoms with Crippen molar-refractivity contribution in [2.45, 2.75) is 24.9 Å². The van der Waals surface area contributed by atoms with Gasteiger partial charge in [-0.3, -0.25) is 4.79 Å². The van der Waals surface area contributed by atoms with Crippen molar-refractivity contribution in [2.24, 2.45) is 0 Å². The number of aliphatic hydroxyl groups is 1. The molecule has 2 aliphatic rings. The summed E-state index contributed by atoms with van der Waals surface area (Å²) in [5.74, 6) is 1.37. The van der Waals surface area contributed by atoms with Gasteiger partial charge in [0.1, 0.15) is 0 Å². The minimum absolute atomic E-state index is 0.0636. The topological polar surface area (TPSA) is 40.5 Å². The molecule has 1 unspecified atom stereocenters. The summed E-state index contributed by atoms with van der Waals surface area (Å²) in [5, 5.41) is 10.4. The van der Waals surface area contributed by atoms with Gasteiger partial charge in [-0.15, -0.1) is 0 Å². The monoisotopic (exact) mass is 303 g/mol. The summed E-state index contributed by atoms with van der Waals surface area (Å²) in [6.45, 7) is 1.45. The molecule has 0 bridgehead atoms. The third-order valence-corrected chi connectivity index (χ3v) is 5.44. The Morgan fingerprint density at radius 3 is 2.57 bits per heavy atom. The van der Waals surface area contributed by atoms with Crippen molar-refractivity contribution in [3.05, 3.63) is 41.5 Å². The molecule has 2 saturated heterocycles. The lowest BCUT2D eigenvalue weighted by Crippen LogP contribution is -2.51. The number of likely N-dealkylation sites (tertiary alicyclic amines) is 1. The van der Waals surface area contributed by atoms with E-state index in [0.717, 1.165) is 31.7 Å². The van der Waals surface area contributed by atoms with Crippen LogP contribution in [-0.2, 0) is 4.79 Å². The number of thioether (sulfide) groups is 1. The third-order valence-electron chi connectivity index (χ3n) is 4.26. The quantitative estimate of drug-likeness (QED) is 0.913. The molecule has 0 spiro atoms. The normalized spacial score (nSPS) is 26.0. The van der Waals surface area contributed by atoms with Gasteiger partial charge in [0, 0.05) is 18.8 Å². The number of benzene rings is 1. The van der Waals surface area contributed by atoms with E-state index in [1.807, 2.05) is 23.1 Å². The molecule has 4 heteroatoms. The molecule has 0 aliphatic carbocycles. The molecule has 1 aromatic rings. The second kappa shape index (κ2) is 6.24. The molecule has 3 rings (SSSR count). The van der Waals surface area contributed by atoms with Crippen LogP contribution in [0.3, 0.4) is 0 Å². The maximum absolute atomic E-state index is 12.4. The lowest BCUT2D eigenvalue weighted by atomic mass is 9.97. The molecule has 1 N–H and O–H groups in total. The highest BCUT2D eigenvalue weighted by Crippen LogP contribution is 2.31. The van der Waals surface area contributed by atoms with Crippen LogP contribution < -0.4 is 0 Å². The van der Waals surface area contributed by atoms with Gasteiger partial charge in [-0.25, -0.2) is 0 Å². The maximum Gasteiger partial charge on any atom is 0.255 e. The molecule has 0 saturated carbocycles. The summed E-state index contributed by atoms with van der Waals surface area (Å²) >= 11 is 1.67. The molecule has 1 aromatic carbocycles. The van der Waals surface area contributed by atoms with Gasteiger partial charge in [-0.05, 0) is 30.6 Å². The summed E-state index contributed by atoms with van der Waals surface area (Å²) < 4.78 is 0. The van der Waals surface area contributed by atoms with Crippen molar-refractivity contribution in [2.75, 3.05) is 24.6 Å². The Kier molecular flexibility index (Phi) is 4.36. The number of hydrogen-bond acceptors (Lipinski definition) is 3. The zero-order valence-electron chi connectivity index (χ0n) is 12.1. The second-order valence-electron chi connectivity index (χ2n) is 5.84. The molecule has 1 atom stereocenters. The predicted molar refractivity (Wildman–Crippen MR) is 87.1 cm³/mol. The zero-order valence-corrected chi connectivity index (χ0v) is 12.9. The van der Waals surface area contributed by atoms with Gasteiger partial charge in [0.2, 0.25) is 0 Å². The van der Waals surface area contributed by atoms with E-state index < -0.39 is 5.60 Å². The SMILES string of the molecule is O=C(N1CCC(=Cc2ccccc2)CC1)C1(O)CCSC1. The first-order valence-corrected chi connectivity index (χ1v) is 8.67. The van der Waals surface area contributed by atoms with Crippen LogP contribution in [0.25, 0.3) is 6.08 Å². The van der Waals surface area contributed by atoms with E-state index in [-0.39, 0.29) is 5.91 Å². The Hall–Kier alpha value is -1.26. The molecule has 0 radical (unpaired) electrons. The Morgan fingerprint density at radius 2 is 1.95 bits per heavy atom. The van der Waals surface area contributed by atoms with Crippen molar-refractivity contribution in [3.63, 3.8) is 0 Å². The largest absolute Gasteiger partial charge is 0.379 e. The van der Waals surface area contributed by atoms with Gasteiger partial charge in [0.25, 0.3) is 5.91 Å². The Balaban J connectivity index is 1.60. The second-order valence-corrected chi connectivity index (χ2v) is 6.94. The molecular formula is C17H21NO2S. The van der Waals surface area contributed by atoms with Crippen LogP contribution >= 0.6 is 11.8 Å². The Bertz CT molecular complexity index is 525. The van der Waals surface area contributed by atoms with E-state index in [0.29, 0.717) is 12.2 Å². The number of nitrogens with zero attached hydrogens (tertiary/aromatic N) is 1. The average molecular weight is 303 g/mol. The van der Waals surface area contributed by atoms with Gasteiger partial charge < -0.3 is 10.0 Å². The number of carbonyl (C=O) groups is 1. The first kappa shape index (κ1) is 14.7. The van der Waals surface area contributed by atoms with Crippen LogP contribution in [0.15, 0.2) is 35.9 Å². The van der Waals surface area contributed by atoms with E-state index in [1.54, 1.807) is 11.8 Å². The van der Waals surface area contributed by atoms with Crippen molar-refractivity contribution < 1.29 is 9.90 Å². The standard InChI is InChI=1S/C17H21NO2S/c19-16(17(20)8-11-21-13-17)18-9-6-15(7-10-18)12-14-4-2-1-3-5-14/h1-5,12,20H,6-11,13H2. The van der Waals surface area contributed by atoms with Gasteiger partial charge in [-0.2, -0.15) is 11.8 Å². The fourth-order valence-electron chi connectivity index (χ4n) is 2.94. The molecule has 112 valence electrons. The van der Waals surface area contributed by atoms with Crippen molar-refractivity contribution >= 4 is 23.7 Å². The van der Waals surface area contributed by atoms with E-state index in [1.165, 1.54) is 11.1 Å². The maximum atomic E-state index is 12.4. The van der Waals surface area contributed by atoms with Crippen molar-refractivity contribution in [3.8, 4) is 0 Å². The highest BCUT2D eigenvalue weighted by atomic mass is 32.2. The molecule has 2 fully saturated rings. The van der Waals surface area contributed by atoms with Crippen LogP contribution in [0, 0.1) is 0 Å². The van der Waals surface area contributed by atoms with E-state index in [9.17, 15) is 9.90 Å². The van der Waals surface area contributed by atoms with Crippen LogP contribution in [0.4, 0.5) is 0 Å². The van der Waals surface area contributed by atoms with Crippen LogP contribution in [0.2, 0.25) is 0 Å². The molecule has 21 heavy (non-hydrogen) atoms. The highest BCUT2D eigenvalue weighted by Gasteiger charge is 2.42. The predicted octanol–water partition coefficient (Wildman–Crippen LogP) is 2.56. The molecule has 2 aliphatic heterocycles. The van der Waals surface area contributed by atoms with Crippen molar-refractivity contribution in [1.82, 2.24) is 4.90 Å². The summed E-state index contributed by atoms with van der Waals surface area (Å²) in [6, 6.07) is 10.3. The van der Waals surface area contributed by atoms with E-state index in [2.05, 4.69) is 18.2 Å². The summed E-state index contributed by atoms with van der Waals surface area (Å²) in [4.78, 5) is 14.3. The number of hydrogen-bond donors (Lipinski definition) is 1. The average Bonchev–Trinajstić information content (AvgIpc) is 2.96. The number of carbonyl (C=O) groups excluding carboxylic acids is 1. The van der Waals surface area contributed by atoms with Crippen LogP contribution in [-0.4, -0.2) is 46.1 Å². The van der Waals surface area contributed by atoms with E-state index >= 15 is 0 Å². The highest BCUT2D eigenvalue weighted by molar-refractivity contribution is 7.99. The van der Waals surface area contributed by atoms with Crippen LogP contribution in [0.1, 0.15) is 24.8 Å². The lowest BCUT2D eigenvalue weighted by Gasteiger charge is -2.33. The number of rotatable bonds is 2. The molecule has 0 aromatic heterocycles. The Morgan fingerprint density at radius 1 is 1.24 bits per heavy atom. The lowest BCUT2D eigenvalue weighted by molar-refractivity contribution is -0.149. The summed E-state index contributed by atoms with van der Waals surface area (Å²) in [6.07, 6.45) is 4.63. The molecular weight excluding hydrogens is 282 g/mol. The molecule has 3 nitrogen and oxygen atoms in total. The van der Waals surface area contributed by atoms with Crippen molar-refractivity contribution in [1.29, 1.82) is 0 Å². The summed E-state index contributed by atoms with van der Waals surface area (Å²) in [7, 11) is 0. The van der Waals surface area contributed by atoms with Gasteiger partial charge in [-0.1, -0.05) is 42.0 Å². The van der Waals surface area contributed by atoms with Crippen LogP contribution in [0.5, 0.6) is 0 Å². The smallest absolute Gasteiger partial charge is 0.255 e. The molecule has 2 heterocycles.